The molecule has 0 unspecified atom stereocenters. The summed E-state index contributed by atoms with van der Waals surface area (Å²) in [4.78, 5) is 0. The summed E-state index contributed by atoms with van der Waals surface area (Å²) in [5.74, 6) is -0.369. The van der Waals surface area contributed by atoms with Crippen molar-refractivity contribution < 1.29 is 18.3 Å². The summed E-state index contributed by atoms with van der Waals surface area (Å²) in [7, 11) is 1.56. The van der Waals surface area contributed by atoms with Gasteiger partial charge in [0.05, 0.1) is 13.7 Å². The molecule has 2 nitrogen and oxygen atoms in total. The van der Waals surface area contributed by atoms with Crippen LogP contribution in [0.3, 0.4) is 0 Å². The predicted octanol–water partition coefficient (Wildman–Crippen LogP) is 5.71. The van der Waals surface area contributed by atoms with Crippen molar-refractivity contribution in [3.63, 3.8) is 0 Å². The molecule has 0 N–H and O–H groups in total. The van der Waals surface area contributed by atoms with E-state index in [4.69, 9.17) is 9.47 Å². The van der Waals surface area contributed by atoms with E-state index in [1.54, 1.807) is 67.8 Å². The lowest BCUT2D eigenvalue weighted by atomic mass is 9.98. The van der Waals surface area contributed by atoms with Gasteiger partial charge >= 0.3 is 0 Å². The standard InChI is InChI=1S/C21H18F2O2/c1-3-25-17-10-6-15(7-11-17)19-13-12-18(20(22)21(19)23)14-4-8-16(24-2)9-5-14/h4-13H,3H2,1-2H3. The number of hydrogen-bond donors (Lipinski definition) is 0. The number of rotatable bonds is 5. The van der Waals surface area contributed by atoms with Crippen LogP contribution in [0, 0.1) is 11.6 Å². The minimum atomic E-state index is -0.864. The summed E-state index contributed by atoms with van der Waals surface area (Å²) >= 11 is 0. The predicted molar refractivity (Wildman–Crippen MR) is 95.0 cm³/mol. The minimum Gasteiger partial charge on any atom is -0.497 e. The second-order valence-electron chi connectivity index (χ2n) is 5.47. The molecule has 4 heteroatoms. The molecular formula is C21H18F2O2. The monoisotopic (exact) mass is 340 g/mol. The topological polar surface area (TPSA) is 18.5 Å². The fourth-order valence-corrected chi connectivity index (χ4v) is 2.66. The second kappa shape index (κ2) is 7.34. The van der Waals surface area contributed by atoms with Crippen LogP contribution in [0.5, 0.6) is 11.5 Å². The molecule has 0 aliphatic rings. The molecule has 0 spiro atoms. The molecule has 0 bridgehead atoms. The number of hydrogen-bond acceptors (Lipinski definition) is 2. The lowest BCUT2D eigenvalue weighted by molar-refractivity contribution is 0.340. The van der Waals surface area contributed by atoms with Crippen molar-refractivity contribution in [3.8, 4) is 33.8 Å². The fraction of sp³-hybridized carbons (Fsp3) is 0.143. The van der Waals surface area contributed by atoms with E-state index >= 15 is 0 Å². The average Bonchev–Trinajstić information content (AvgIpc) is 2.65. The maximum Gasteiger partial charge on any atom is 0.167 e. The molecule has 0 heterocycles. The van der Waals surface area contributed by atoms with Gasteiger partial charge in [0, 0.05) is 11.1 Å². The highest BCUT2D eigenvalue weighted by molar-refractivity contribution is 5.72. The van der Waals surface area contributed by atoms with Gasteiger partial charge in [-0.15, -0.1) is 0 Å². The normalized spacial score (nSPS) is 10.6. The Morgan fingerprint density at radius 1 is 0.680 bits per heavy atom. The zero-order valence-corrected chi connectivity index (χ0v) is 14.1. The van der Waals surface area contributed by atoms with Gasteiger partial charge in [-0.3, -0.25) is 0 Å². The Bertz CT molecular complexity index is 856. The largest absolute Gasteiger partial charge is 0.497 e. The first-order valence-electron chi connectivity index (χ1n) is 7.99. The van der Waals surface area contributed by atoms with Gasteiger partial charge in [0.2, 0.25) is 0 Å². The molecular weight excluding hydrogens is 322 g/mol. The molecule has 0 aliphatic carbocycles. The molecule has 3 aromatic rings. The second-order valence-corrected chi connectivity index (χ2v) is 5.47. The lowest BCUT2D eigenvalue weighted by Crippen LogP contribution is -1.95. The number of benzene rings is 3. The number of halogens is 2. The van der Waals surface area contributed by atoms with Crippen molar-refractivity contribution in [2.45, 2.75) is 6.92 Å². The first-order chi connectivity index (χ1) is 12.1. The summed E-state index contributed by atoms with van der Waals surface area (Å²) in [6, 6.07) is 16.9. The van der Waals surface area contributed by atoms with Gasteiger partial charge < -0.3 is 9.47 Å². The van der Waals surface area contributed by atoms with E-state index in [-0.39, 0.29) is 11.1 Å². The average molecular weight is 340 g/mol. The third-order valence-corrected chi connectivity index (χ3v) is 3.96. The summed E-state index contributed by atoms with van der Waals surface area (Å²) < 4.78 is 39.6. The SMILES string of the molecule is CCOc1ccc(-c2ccc(-c3ccc(OC)cc3)c(F)c2F)cc1. The van der Waals surface area contributed by atoms with Crippen LogP contribution in [0.15, 0.2) is 60.7 Å². The third-order valence-electron chi connectivity index (χ3n) is 3.96. The number of methoxy groups -OCH3 is 1. The molecule has 3 aromatic carbocycles. The van der Waals surface area contributed by atoms with E-state index in [9.17, 15) is 8.78 Å². The smallest absolute Gasteiger partial charge is 0.167 e. The molecule has 0 saturated carbocycles. The Hall–Kier alpha value is -2.88. The zero-order chi connectivity index (χ0) is 17.8. The fourth-order valence-electron chi connectivity index (χ4n) is 2.66. The lowest BCUT2D eigenvalue weighted by Gasteiger charge is -2.10. The molecule has 0 amide bonds. The maximum absolute atomic E-state index is 14.6. The van der Waals surface area contributed by atoms with Crippen LogP contribution in [-0.2, 0) is 0 Å². The third kappa shape index (κ3) is 3.48. The van der Waals surface area contributed by atoms with Crippen LogP contribution in [0.1, 0.15) is 6.92 Å². The maximum atomic E-state index is 14.6. The van der Waals surface area contributed by atoms with E-state index in [0.29, 0.717) is 29.2 Å². The van der Waals surface area contributed by atoms with E-state index in [1.807, 2.05) is 6.92 Å². The van der Waals surface area contributed by atoms with Crippen molar-refractivity contribution >= 4 is 0 Å². The molecule has 0 aliphatic heterocycles. The van der Waals surface area contributed by atoms with Crippen molar-refractivity contribution in [2.75, 3.05) is 13.7 Å². The summed E-state index contributed by atoms with van der Waals surface area (Å²) in [5.41, 5.74) is 1.63. The molecule has 3 rings (SSSR count). The first kappa shape index (κ1) is 17.0. The molecule has 0 aromatic heterocycles. The van der Waals surface area contributed by atoms with Gasteiger partial charge in [0.15, 0.2) is 11.6 Å². The van der Waals surface area contributed by atoms with Gasteiger partial charge in [-0.1, -0.05) is 36.4 Å². The van der Waals surface area contributed by atoms with Crippen LogP contribution in [0.2, 0.25) is 0 Å². The number of ether oxygens (including phenoxy) is 2. The summed E-state index contributed by atoms with van der Waals surface area (Å²) in [6.07, 6.45) is 0. The Balaban J connectivity index is 1.96. The van der Waals surface area contributed by atoms with E-state index in [1.165, 1.54) is 0 Å². The van der Waals surface area contributed by atoms with E-state index in [2.05, 4.69) is 0 Å². The molecule has 0 atom stereocenters. The van der Waals surface area contributed by atoms with Gasteiger partial charge in [-0.05, 0) is 42.3 Å². The van der Waals surface area contributed by atoms with Crippen LogP contribution in [0.25, 0.3) is 22.3 Å². The van der Waals surface area contributed by atoms with Crippen LogP contribution in [-0.4, -0.2) is 13.7 Å². The highest BCUT2D eigenvalue weighted by Crippen LogP contribution is 2.32. The van der Waals surface area contributed by atoms with Gasteiger partial charge in [-0.25, -0.2) is 8.78 Å². The van der Waals surface area contributed by atoms with Crippen LogP contribution < -0.4 is 9.47 Å². The first-order valence-corrected chi connectivity index (χ1v) is 7.99. The Kier molecular flexibility index (Phi) is 4.98. The van der Waals surface area contributed by atoms with Crippen LogP contribution in [0.4, 0.5) is 8.78 Å². The van der Waals surface area contributed by atoms with Gasteiger partial charge in [0.1, 0.15) is 11.5 Å². The molecule has 0 saturated heterocycles. The van der Waals surface area contributed by atoms with Crippen LogP contribution >= 0.6 is 0 Å². The highest BCUT2D eigenvalue weighted by Gasteiger charge is 2.16. The molecule has 25 heavy (non-hydrogen) atoms. The van der Waals surface area contributed by atoms with Crippen molar-refractivity contribution in [1.29, 1.82) is 0 Å². The Morgan fingerprint density at radius 2 is 1.12 bits per heavy atom. The van der Waals surface area contributed by atoms with Crippen molar-refractivity contribution in [1.82, 2.24) is 0 Å². The Labute approximate surface area is 145 Å². The van der Waals surface area contributed by atoms with E-state index in [0.717, 1.165) is 0 Å². The van der Waals surface area contributed by atoms with E-state index < -0.39 is 11.6 Å². The molecule has 0 radical (unpaired) electrons. The van der Waals surface area contributed by atoms with Crippen molar-refractivity contribution in [3.05, 3.63) is 72.3 Å². The minimum absolute atomic E-state index is 0.217. The Morgan fingerprint density at radius 3 is 1.52 bits per heavy atom. The summed E-state index contributed by atoms with van der Waals surface area (Å²) in [5, 5.41) is 0. The van der Waals surface area contributed by atoms with Gasteiger partial charge in [-0.2, -0.15) is 0 Å². The highest BCUT2D eigenvalue weighted by atomic mass is 19.2. The molecule has 0 fully saturated rings. The molecule has 128 valence electrons. The summed E-state index contributed by atoms with van der Waals surface area (Å²) in [6.45, 7) is 2.44. The zero-order valence-electron chi connectivity index (χ0n) is 14.1. The van der Waals surface area contributed by atoms with Gasteiger partial charge in [0.25, 0.3) is 0 Å². The van der Waals surface area contributed by atoms with Crippen molar-refractivity contribution in [2.24, 2.45) is 0 Å². The quantitative estimate of drug-likeness (QED) is 0.592.